The number of aromatic amines is 1. The molecule has 0 amide bonds. The SMILES string of the molecule is CO[C@@H]1C[C@@H](c2nc3c(C)c(Cl)ccc3[nH]2)N(C2=CC(c3ccc(F)c(C)c3)CC=C2)C1. The summed E-state index contributed by atoms with van der Waals surface area (Å²) in [6.45, 7) is 4.61. The number of allylic oxidation sites excluding steroid dienone is 3. The fourth-order valence-electron chi connectivity index (χ4n) is 4.86. The van der Waals surface area contributed by atoms with Gasteiger partial charge in [-0.15, -0.1) is 0 Å². The molecule has 2 aliphatic rings. The minimum absolute atomic E-state index is 0.0788. The zero-order valence-corrected chi connectivity index (χ0v) is 19.3. The lowest BCUT2D eigenvalue weighted by Gasteiger charge is -2.29. The van der Waals surface area contributed by atoms with Gasteiger partial charge in [0.15, 0.2) is 0 Å². The Morgan fingerprint density at radius 2 is 2.06 bits per heavy atom. The van der Waals surface area contributed by atoms with Crippen molar-refractivity contribution in [2.75, 3.05) is 13.7 Å². The fraction of sp³-hybridized carbons (Fsp3) is 0.346. The molecule has 2 heterocycles. The lowest BCUT2D eigenvalue weighted by molar-refractivity contribution is 0.112. The van der Waals surface area contributed by atoms with Crippen LogP contribution in [-0.4, -0.2) is 34.6 Å². The van der Waals surface area contributed by atoms with E-state index in [-0.39, 0.29) is 23.9 Å². The molecule has 6 heteroatoms. The number of H-pyrrole nitrogens is 1. The summed E-state index contributed by atoms with van der Waals surface area (Å²) in [5.74, 6) is 0.986. The van der Waals surface area contributed by atoms with Crippen LogP contribution in [0.4, 0.5) is 4.39 Å². The van der Waals surface area contributed by atoms with Gasteiger partial charge in [-0.05, 0) is 61.2 Å². The fourth-order valence-corrected chi connectivity index (χ4v) is 5.02. The number of aromatic nitrogens is 2. The van der Waals surface area contributed by atoms with E-state index in [1.165, 1.54) is 0 Å². The van der Waals surface area contributed by atoms with Crippen LogP contribution >= 0.6 is 11.6 Å². The monoisotopic (exact) mass is 451 g/mol. The second-order valence-corrected chi connectivity index (χ2v) is 9.20. The quantitative estimate of drug-likeness (QED) is 0.501. The van der Waals surface area contributed by atoms with Crippen molar-refractivity contribution in [3.63, 3.8) is 0 Å². The van der Waals surface area contributed by atoms with Crippen molar-refractivity contribution in [2.24, 2.45) is 0 Å². The van der Waals surface area contributed by atoms with E-state index in [0.29, 0.717) is 5.56 Å². The molecule has 1 aliphatic carbocycles. The molecule has 1 saturated heterocycles. The average Bonchev–Trinajstić information content (AvgIpc) is 3.43. The first-order valence-corrected chi connectivity index (χ1v) is 11.4. The summed E-state index contributed by atoms with van der Waals surface area (Å²) in [4.78, 5) is 10.8. The van der Waals surface area contributed by atoms with Crippen molar-refractivity contribution in [3.05, 3.63) is 87.6 Å². The number of hydrogen-bond acceptors (Lipinski definition) is 3. The number of hydrogen-bond donors (Lipinski definition) is 1. The standard InChI is InChI=1S/C26H27ClFN3O/c1-15-11-18(7-9-22(15)28)17-5-4-6-19(12-17)31-14-20(32-3)13-24(31)26-29-23-10-8-21(27)16(2)25(23)30-26/h4,6-12,17,20,24H,5,13-14H2,1-3H3,(H,29,30)/t17?,20-,24+/m1/s1. The number of methoxy groups -OCH3 is 1. The smallest absolute Gasteiger partial charge is 0.130 e. The number of fused-ring (bicyclic) bond motifs is 1. The summed E-state index contributed by atoms with van der Waals surface area (Å²) in [5, 5.41) is 0.726. The van der Waals surface area contributed by atoms with Gasteiger partial charge in [0, 0.05) is 36.7 Å². The van der Waals surface area contributed by atoms with E-state index < -0.39 is 0 Å². The van der Waals surface area contributed by atoms with E-state index in [1.807, 2.05) is 38.1 Å². The van der Waals surface area contributed by atoms with Gasteiger partial charge in [0.1, 0.15) is 11.6 Å². The molecule has 0 radical (unpaired) electrons. The van der Waals surface area contributed by atoms with Gasteiger partial charge in [0.25, 0.3) is 0 Å². The lowest BCUT2D eigenvalue weighted by Crippen LogP contribution is -2.25. The molecule has 3 atom stereocenters. The summed E-state index contributed by atoms with van der Waals surface area (Å²) in [5.41, 5.74) is 5.88. The second-order valence-electron chi connectivity index (χ2n) is 8.80. The average molecular weight is 452 g/mol. The molecule has 5 rings (SSSR count). The molecule has 1 fully saturated rings. The Kier molecular flexibility index (Phi) is 5.56. The summed E-state index contributed by atoms with van der Waals surface area (Å²) < 4.78 is 19.5. The summed E-state index contributed by atoms with van der Waals surface area (Å²) >= 11 is 6.32. The van der Waals surface area contributed by atoms with Crippen molar-refractivity contribution < 1.29 is 9.13 Å². The molecule has 4 nitrogen and oxygen atoms in total. The Bertz CT molecular complexity index is 1230. The van der Waals surface area contributed by atoms with Crippen LogP contribution in [0.5, 0.6) is 0 Å². The Morgan fingerprint density at radius 3 is 2.84 bits per heavy atom. The van der Waals surface area contributed by atoms with Gasteiger partial charge in [0.2, 0.25) is 0 Å². The number of ether oxygens (including phenoxy) is 1. The number of benzene rings is 2. The maximum atomic E-state index is 13.8. The van der Waals surface area contributed by atoms with Crippen molar-refractivity contribution in [3.8, 4) is 0 Å². The summed E-state index contributed by atoms with van der Waals surface area (Å²) in [6, 6.07) is 9.39. The van der Waals surface area contributed by atoms with Crippen LogP contribution in [0, 0.1) is 19.7 Å². The number of aryl methyl sites for hydroxylation is 2. The van der Waals surface area contributed by atoms with E-state index in [9.17, 15) is 4.39 Å². The van der Waals surface area contributed by atoms with Gasteiger partial charge in [-0.2, -0.15) is 0 Å². The zero-order valence-electron chi connectivity index (χ0n) is 18.5. The highest BCUT2D eigenvalue weighted by Gasteiger charge is 2.36. The maximum absolute atomic E-state index is 13.8. The number of likely N-dealkylation sites (tertiary alicyclic amines) is 1. The van der Waals surface area contributed by atoms with Crippen LogP contribution in [0.25, 0.3) is 11.0 Å². The third kappa shape index (κ3) is 3.74. The topological polar surface area (TPSA) is 41.1 Å². The van der Waals surface area contributed by atoms with E-state index in [1.54, 1.807) is 13.2 Å². The van der Waals surface area contributed by atoms with E-state index in [4.69, 9.17) is 21.3 Å². The molecular formula is C26H27ClFN3O. The third-order valence-electron chi connectivity index (χ3n) is 6.76. The molecule has 0 saturated carbocycles. The van der Waals surface area contributed by atoms with Crippen molar-refractivity contribution in [1.29, 1.82) is 0 Å². The van der Waals surface area contributed by atoms with E-state index in [0.717, 1.165) is 58.1 Å². The van der Waals surface area contributed by atoms with Crippen molar-refractivity contribution in [2.45, 2.75) is 44.8 Å². The van der Waals surface area contributed by atoms with Crippen LogP contribution in [-0.2, 0) is 4.74 Å². The molecule has 32 heavy (non-hydrogen) atoms. The normalized spacial score (nSPS) is 23.2. The second kappa shape index (κ2) is 8.38. The van der Waals surface area contributed by atoms with Crippen molar-refractivity contribution in [1.82, 2.24) is 14.9 Å². The molecule has 2 aromatic carbocycles. The summed E-state index contributed by atoms with van der Waals surface area (Å²) in [6.07, 6.45) is 8.57. The number of rotatable bonds is 4. The largest absolute Gasteiger partial charge is 0.380 e. The van der Waals surface area contributed by atoms with E-state index >= 15 is 0 Å². The number of nitrogens with one attached hydrogen (secondary N) is 1. The molecule has 0 spiro atoms. The van der Waals surface area contributed by atoms with Gasteiger partial charge in [-0.1, -0.05) is 35.9 Å². The van der Waals surface area contributed by atoms with Gasteiger partial charge in [-0.3, -0.25) is 0 Å². The van der Waals surface area contributed by atoms with Crippen LogP contribution in [0.2, 0.25) is 5.02 Å². The predicted molar refractivity (Wildman–Crippen MR) is 126 cm³/mol. The van der Waals surface area contributed by atoms with Crippen LogP contribution in [0.3, 0.4) is 0 Å². The van der Waals surface area contributed by atoms with Gasteiger partial charge in [-0.25, -0.2) is 9.37 Å². The first-order valence-electron chi connectivity index (χ1n) is 11.0. The number of imidazole rings is 1. The number of nitrogens with zero attached hydrogens (tertiary/aromatic N) is 2. The molecule has 3 aromatic rings. The van der Waals surface area contributed by atoms with Gasteiger partial charge in [0.05, 0.1) is 23.2 Å². The zero-order chi connectivity index (χ0) is 22.4. The van der Waals surface area contributed by atoms with Crippen molar-refractivity contribution >= 4 is 22.6 Å². The summed E-state index contributed by atoms with van der Waals surface area (Å²) in [7, 11) is 1.77. The highest BCUT2D eigenvalue weighted by molar-refractivity contribution is 6.32. The van der Waals surface area contributed by atoms with E-state index in [2.05, 4.69) is 28.1 Å². The Morgan fingerprint density at radius 1 is 1.22 bits per heavy atom. The predicted octanol–water partition coefficient (Wildman–Crippen LogP) is 6.36. The minimum Gasteiger partial charge on any atom is -0.380 e. The van der Waals surface area contributed by atoms with Gasteiger partial charge < -0.3 is 14.6 Å². The molecular weight excluding hydrogens is 425 g/mol. The minimum atomic E-state index is -0.160. The molecule has 1 N–H and O–H groups in total. The number of halogens is 2. The molecule has 1 aromatic heterocycles. The molecule has 1 aliphatic heterocycles. The molecule has 1 unspecified atom stereocenters. The Balaban J connectivity index is 1.50. The highest BCUT2D eigenvalue weighted by Crippen LogP contribution is 2.39. The Labute approximate surface area is 192 Å². The Hall–Kier alpha value is -2.63. The first kappa shape index (κ1) is 21.2. The molecule has 0 bridgehead atoms. The van der Waals surface area contributed by atoms with Crippen LogP contribution in [0.1, 0.15) is 47.3 Å². The van der Waals surface area contributed by atoms with Crippen LogP contribution < -0.4 is 0 Å². The maximum Gasteiger partial charge on any atom is 0.130 e. The first-order chi connectivity index (χ1) is 15.4. The highest BCUT2D eigenvalue weighted by atomic mass is 35.5. The lowest BCUT2D eigenvalue weighted by atomic mass is 9.90. The third-order valence-corrected chi connectivity index (χ3v) is 7.17. The van der Waals surface area contributed by atoms with Crippen LogP contribution in [0.15, 0.2) is 54.3 Å². The molecule has 166 valence electrons. The van der Waals surface area contributed by atoms with Gasteiger partial charge >= 0.3 is 0 Å².